The lowest BCUT2D eigenvalue weighted by atomic mass is 9.82. The summed E-state index contributed by atoms with van der Waals surface area (Å²) >= 11 is 0. The molecule has 0 unspecified atom stereocenters. The van der Waals surface area contributed by atoms with Crippen molar-refractivity contribution in [3.63, 3.8) is 0 Å². The van der Waals surface area contributed by atoms with Crippen LogP contribution in [0.25, 0.3) is 54.9 Å². The molecule has 0 bridgehead atoms. The van der Waals surface area contributed by atoms with E-state index in [1.807, 2.05) is 0 Å². The second-order valence-electron chi connectivity index (χ2n) is 13.9. The fourth-order valence-corrected chi connectivity index (χ4v) is 8.34. The molecule has 1 aliphatic heterocycles. The van der Waals surface area contributed by atoms with E-state index in [2.05, 4.69) is 188 Å². The Bertz CT molecular complexity index is 2600. The van der Waals surface area contributed by atoms with E-state index in [1.165, 1.54) is 77.4 Å². The molecule has 49 heavy (non-hydrogen) atoms. The van der Waals surface area contributed by atoms with Crippen LogP contribution in [0.1, 0.15) is 25.0 Å². The van der Waals surface area contributed by atoms with Crippen LogP contribution < -0.4 is 10.2 Å². The number of hydrogen-bond acceptors (Lipinski definition) is 2. The van der Waals surface area contributed by atoms with Gasteiger partial charge in [0.2, 0.25) is 0 Å². The van der Waals surface area contributed by atoms with Gasteiger partial charge in [0, 0.05) is 44.5 Å². The largest absolute Gasteiger partial charge is 0.354 e. The van der Waals surface area contributed by atoms with Crippen molar-refractivity contribution in [1.82, 2.24) is 0 Å². The van der Waals surface area contributed by atoms with Crippen LogP contribution in [0.5, 0.6) is 0 Å². The molecule has 0 radical (unpaired) electrons. The molecule has 8 aromatic rings. The first kappa shape index (κ1) is 27.9. The Morgan fingerprint density at radius 2 is 1.12 bits per heavy atom. The first-order valence-corrected chi connectivity index (χ1v) is 17.1. The van der Waals surface area contributed by atoms with Gasteiger partial charge in [-0.05, 0) is 98.2 Å². The molecule has 0 saturated heterocycles. The molecular formula is C47H34N2. The van der Waals surface area contributed by atoms with Crippen LogP contribution in [-0.4, -0.2) is 0 Å². The third-order valence-corrected chi connectivity index (χ3v) is 10.8. The lowest BCUT2D eigenvalue weighted by molar-refractivity contribution is 0.660. The second kappa shape index (κ2) is 10.4. The Kier molecular flexibility index (Phi) is 5.95. The molecule has 2 aliphatic rings. The van der Waals surface area contributed by atoms with Gasteiger partial charge in [0.25, 0.3) is 0 Å². The molecule has 1 N–H and O–H groups in total. The van der Waals surface area contributed by atoms with Crippen LogP contribution in [0.4, 0.5) is 28.4 Å². The third kappa shape index (κ3) is 4.20. The highest BCUT2D eigenvalue weighted by atomic mass is 15.1. The fraction of sp³-hybridized carbons (Fsp3) is 0.0638. The lowest BCUT2D eigenvalue weighted by Crippen LogP contribution is -2.16. The van der Waals surface area contributed by atoms with Crippen molar-refractivity contribution in [3.05, 3.63) is 175 Å². The molecule has 0 amide bonds. The van der Waals surface area contributed by atoms with Gasteiger partial charge in [-0.2, -0.15) is 0 Å². The normalized spacial score (nSPS) is 13.4. The molecular weight excluding hydrogens is 593 g/mol. The van der Waals surface area contributed by atoms with Crippen LogP contribution in [0.3, 0.4) is 0 Å². The highest BCUT2D eigenvalue weighted by molar-refractivity contribution is 6.11. The Labute approximate surface area is 286 Å². The van der Waals surface area contributed by atoms with Gasteiger partial charge >= 0.3 is 0 Å². The van der Waals surface area contributed by atoms with Crippen LogP contribution in [0.15, 0.2) is 164 Å². The van der Waals surface area contributed by atoms with E-state index < -0.39 is 0 Å². The van der Waals surface area contributed by atoms with Crippen molar-refractivity contribution in [2.45, 2.75) is 19.3 Å². The number of nitrogens with zero attached hydrogens (tertiary/aromatic N) is 1. The molecule has 2 heteroatoms. The first-order valence-electron chi connectivity index (χ1n) is 17.1. The van der Waals surface area contributed by atoms with Crippen molar-refractivity contribution in [1.29, 1.82) is 0 Å². The van der Waals surface area contributed by atoms with Crippen LogP contribution in [0.2, 0.25) is 0 Å². The molecule has 0 spiro atoms. The summed E-state index contributed by atoms with van der Waals surface area (Å²) in [5, 5.41) is 8.69. The average molecular weight is 627 g/mol. The van der Waals surface area contributed by atoms with Gasteiger partial charge in [-0.1, -0.05) is 129 Å². The minimum Gasteiger partial charge on any atom is -0.354 e. The third-order valence-electron chi connectivity index (χ3n) is 10.8. The van der Waals surface area contributed by atoms with Gasteiger partial charge in [-0.15, -0.1) is 0 Å². The van der Waals surface area contributed by atoms with Gasteiger partial charge in [0.1, 0.15) is 0 Å². The predicted molar refractivity (Wildman–Crippen MR) is 208 cm³/mol. The molecule has 1 heterocycles. The van der Waals surface area contributed by atoms with Gasteiger partial charge in [0.05, 0.1) is 5.69 Å². The summed E-state index contributed by atoms with van der Waals surface area (Å²) in [6.07, 6.45) is 0. The smallest absolute Gasteiger partial charge is 0.0540 e. The summed E-state index contributed by atoms with van der Waals surface area (Å²) in [5.74, 6) is 0. The zero-order valence-electron chi connectivity index (χ0n) is 27.5. The van der Waals surface area contributed by atoms with Gasteiger partial charge in [0.15, 0.2) is 0 Å². The minimum absolute atomic E-state index is 0.0810. The SMILES string of the molecule is CC1(C)c2ccccc2-c2ccc(N(c3ccc(-c4ccc5c(c4)-c4cccc6cccc(c46)N5)cc3)c3cccc4ccccc34)cc21. The fourth-order valence-electron chi connectivity index (χ4n) is 8.34. The number of nitrogens with one attached hydrogen (secondary N) is 1. The summed E-state index contributed by atoms with van der Waals surface area (Å²) in [6, 6.07) is 60.2. The second-order valence-corrected chi connectivity index (χ2v) is 13.9. The number of benzene rings is 8. The molecule has 0 saturated carbocycles. The lowest BCUT2D eigenvalue weighted by Gasteiger charge is -2.29. The zero-order chi connectivity index (χ0) is 32.7. The Hall–Kier alpha value is -6.12. The molecule has 2 nitrogen and oxygen atoms in total. The standard InChI is InChI=1S/C47H34N2/c1-47(2)41-17-6-5-15-37(41)38-26-25-35(29-42(38)47)49(45-19-9-11-31-10-3-4-14-36(31)45)34-23-20-30(21-24-34)33-22-27-43-40(28-33)39-16-7-12-32-13-8-18-44(48-43)46(32)39/h3-29,48H,1-2H3. The van der Waals surface area contributed by atoms with E-state index in [9.17, 15) is 0 Å². The maximum atomic E-state index is 3.68. The van der Waals surface area contributed by atoms with Gasteiger partial charge in [-0.25, -0.2) is 0 Å². The van der Waals surface area contributed by atoms with E-state index in [-0.39, 0.29) is 5.41 Å². The van der Waals surface area contributed by atoms with Crippen molar-refractivity contribution >= 4 is 50.0 Å². The molecule has 8 aromatic carbocycles. The van der Waals surface area contributed by atoms with E-state index in [0.717, 1.165) is 17.1 Å². The number of rotatable bonds is 4. The topological polar surface area (TPSA) is 15.3 Å². The summed E-state index contributed by atoms with van der Waals surface area (Å²) in [7, 11) is 0. The molecule has 0 fully saturated rings. The quantitative estimate of drug-likeness (QED) is 0.209. The van der Waals surface area contributed by atoms with Gasteiger partial charge < -0.3 is 10.2 Å². The van der Waals surface area contributed by atoms with E-state index >= 15 is 0 Å². The van der Waals surface area contributed by atoms with Crippen molar-refractivity contribution in [2.75, 3.05) is 10.2 Å². The summed E-state index contributed by atoms with van der Waals surface area (Å²) in [4.78, 5) is 2.43. The summed E-state index contributed by atoms with van der Waals surface area (Å²) in [6.45, 7) is 4.71. The molecule has 0 atom stereocenters. The Morgan fingerprint density at radius 1 is 0.449 bits per heavy atom. The maximum Gasteiger partial charge on any atom is 0.0540 e. The van der Waals surface area contributed by atoms with Gasteiger partial charge in [-0.3, -0.25) is 0 Å². The summed E-state index contributed by atoms with van der Waals surface area (Å²) in [5.41, 5.74) is 16.1. The maximum absolute atomic E-state index is 3.68. The van der Waals surface area contributed by atoms with Crippen molar-refractivity contribution in [3.8, 4) is 33.4 Å². The Morgan fingerprint density at radius 3 is 2.02 bits per heavy atom. The highest BCUT2D eigenvalue weighted by Crippen LogP contribution is 2.51. The first-order chi connectivity index (χ1) is 24.0. The molecule has 1 aliphatic carbocycles. The minimum atomic E-state index is -0.0810. The zero-order valence-corrected chi connectivity index (χ0v) is 27.5. The van der Waals surface area contributed by atoms with Crippen LogP contribution >= 0.6 is 0 Å². The van der Waals surface area contributed by atoms with E-state index in [4.69, 9.17) is 0 Å². The average Bonchev–Trinajstić information content (AvgIpc) is 3.38. The van der Waals surface area contributed by atoms with Crippen LogP contribution in [0, 0.1) is 0 Å². The molecule has 0 aromatic heterocycles. The van der Waals surface area contributed by atoms with Crippen LogP contribution in [-0.2, 0) is 5.41 Å². The summed E-state index contributed by atoms with van der Waals surface area (Å²) < 4.78 is 0. The highest BCUT2D eigenvalue weighted by Gasteiger charge is 2.35. The Balaban J connectivity index is 1.10. The van der Waals surface area contributed by atoms with E-state index in [0.29, 0.717) is 0 Å². The van der Waals surface area contributed by atoms with Crippen molar-refractivity contribution < 1.29 is 0 Å². The van der Waals surface area contributed by atoms with E-state index in [1.54, 1.807) is 0 Å². The monoisotopic (exact) mass is 626 g/mol. The molecule has 232 valence electrons. The number of anilines is 5. The number of hydrogen-bond donors (Lipinski definition) is 1. The predicted octanol–water partition coefficient (Wildman–Crippen LogP) is 13.2. The number of fused-ring (bicyclic) bond motifs is 6. The molecule has 10 rings (SSSR count). The van der Waals surface area contributed by atoms with Crippen molar-refractivity contribution in [2.24, 2.45) is 0 Å².